The summed E-state index contributed by atoms with van der Waals surface area (Å²) in [6.07, 6.45) is 4.11. The second-order valence-electron chi connectivity index (χ2n) is 5.22. The quantitative estimate of drug-likeness (QED) is 0.580. The maximum Gasteiger partial charge on any atom is 0.194 e. The normalized spacial score (nSPS) is 22.6. The number of allylic oxidation sites excluding steroid dienone is 3. The van der Waals surface area contributed by atoms with Crippen LogP contribution in [0.2, 0.25) is 0 Å². The number of rotatable bonds is 2. The molecule has 0 saturated heterocycles. The van der Waals surface area contributed by atoms with E-state index in [1.165, 1.54) is 0 Å². The number of Topliss-reactive ketones (excluding diaryl/α,β-unsaturated/α-hetero) is 1. The molecule has 0 radical (unpaired) electrons. The molecule has 0 amide bonds. The van der Waals surface area contributed by atoms with Crippen LogP contribution >= 0.6 is 0 Å². The van der Waals surface area contributed by atoms with Crippen molar-refractivity contribution in [2.45, 2.75) is 20.3 Å². The number of hydrogen-bond donors (Lipinski definition) is 1. The van der Waals surface area contributed by atoms with Gasteiger partial charge in [0, 0.05) is 50.2 Å². The molecule has 0 aromatic rings. The van der Waals surface area contributed by atoms with Crippen LogP contribution in [0.25, 0.3) is 0 Å². The Morgan fingerprint density at radius 2 is 2.00 bits per heavy atom. The first-order chi connectivity index (χ1) is 7.79. The highest BCUT2D eigenvalue weighted by Crippen LogP contribution is 2.39. The van der Waals surface area contributed by atoms with E-state index in [1.807, 2.05) is 39.0 Å². The van der Waals surface area contributed by atoms with Crippen molar-refractivity contribution in [3.05, 3.63) is 23.0 Å². The van der Waals surface area contributed by atoms with Gasteiger partial charge >= 0.3 is 0 Å². The summed E-state index contributed by atoms with van der Waals surface area (Å²) in [6, 6.07) is 0. The molecule has 0 atom stereocenters. The van der Waals surface area contributed by atoms with Gasteiger partial charge < -0.3 is 10.6 Å². The van der Waals surface area contributed by atoms with Crippen molar-refractivity contribution in [3.63, 3.8) is 0 Å². The molecule has 0 heterocycles. The van der Waals surface area contributed by atoms with Crippen molar-refractivity contribution in [1.29, 1.82) is 0 Å². The fraction of sp³-hybridized carbons (Fsp3) is 0.538. The van der Waals surface area contributed by atoms with E-state index in [4.69, 9.17) is 5.73 Å². The molecule has 1 aliphatic carbocycles. The van der Waals surface area contributed by atoms with Crippen LogP contribution in [-0.4, -0.2) is 38.0 Å². The van der Waals surface area contributed by atoms with Crippen molar-refractivity contribution in [1.82, 2.24) is 4.90 Å². The van der Waals surface area contributed by atoms with E-state index in [9.17, 15) is 4.79 Å². The molecule has 94 valence electrons. The molecule has 0 bridgehead atoms. The molecular formula is C13H21N3O. The van der Waals surface area contributed by atoms with Crippen LogP contribution in [0.3, 0.4) is 0 Å². The van der Waals surface area contributed by atoms with Crippen molar-refractivity contribution in [2.75, 3.05) is 21.1 Å². The van der Waals surface area contributed by atoms with Gasteiger partial charge in [-0.1, -0.05) is 13.8 Å². The zero-order valence-electron chi connectivity index (χ0n) is 11.2. The van der Waals surface area contributed by atoms with Gasteiger partial charge in [0.25, 0.3) is 0 Å². The van der Waals surface area contributed by atoms with E-state index < -0.39 is 0 Å². The molecule has 0 spiro atoms. The van der Waals surface area contributed by atoms with Crippen LogP contribution in [0, 0.1) is 5.41 Å². The minimum Gasteiger partial charge on any atom is -0.401 e. The highest BCUT2D eigenvalue weighted by Gasteiger charge is 2.36. The molecular weight excluding hydrogens is 214 g/mol. The van der Waals surface area contributed by atoms with Crippen LogP contribution in [0.4, 0.5) is 0 Å². The maximum atomic E-state index is 12.4. The second-order valence-corrected chi connectivity index (χ2v) is 5.22. The van der Waals surface area contributed by atoms with Gasteiger partial charge in [-0.25, -0.2) is 0 Å². The first-order valence-electron chi connectivity index (χ1n) is 5.64. The number of ketones is 1. The molecule has 0 unspecified atom stereocenters. The molecule has 4 nitrogen and oxygen atoms in total. The predicted molar refractivity (Wildman–Crippen MR) is 70.8 cm³/mol. The zero-order valence-corrected chi connectivity index (χ0v) is 11.2. The lowest BCUT2D eigenvalue weighted by Gasteiger charge is -2.33. The Labute approximate surface area is 103 Å². The average molecular weight is 235 g/mol. The van der Waals surface area contributed by atoms with Crippen LogP contribution in [0.15, 0.2) is 28.0 Å². The number of aliphatic imine (C=N–C) groups is 1. The van der Waals surface area contributed by atoms with E-state index in [0.29, 0.717) is 17.7 Å². The summed E-state index contributed by atoms with van der Waals surface area (Å²) in [5, 5.41) is 0. The molecule has 0 aliphatic heterocycles. The highest BCUT2D eigenvalue weighted by molar-refractivity contribution is 6.22. The Hall–Kier alpha value is -1.58. The predicted octanol–water partition coefficient (Wildman–Crippen LogP) is 1.34. The first-order valence-corrected chi connectivity index (χ1v) is 5.64. The van der Waals surface area contributed by atoms with E-state index in [1.54, 1.807) is 13.3 Å². The van der Waals surface area contributed by atoms with Gasteiger partial charge in [-0.2, -0.15) is 0 Å². The number of nitrogens with zero attached hydrogens (tertiary/aromatic N) is 2. The molecule has 1 aliphatic rings. The minimum absolute atomic E-state index is 0.0157. The topological polar surface area (TPSA) is 58.7 Å². The Morgan fingerprint density at radius 3 is 2.47 bits per heavy atom. The van der Waals surface area contributed by atoms with Gasteiger partial charge in [-0.15, -0.1) is 0 Å². The largest absolute Gasteiger partial charge is 0.401 e. The summed E-state index contributed by atoms with van der Waals surface area (Å²) >= 11 is 0. The lowest BCUT2D eigenvalue weighted by Crippen LogP contribution is -2.33. The fourth-order valence-electron chi connectivity index (χ4n) is 2.03. The smallest absolute Gasteiger partial charge is 0.194 e. The maximum absolute atomic E-state index is 12.4. The van der Waals surface area contributed by atoms with Gasteiger partial charge in [0.1, 0.15) is 0 Å². The van der Waals surface area contributed by atoms with Crippen molar-refractivity contribution < 1.29 is 4.79 Å². The summed E-state index contributed by atoms with van der Waals surface area (Å²) in [5.41, 5.74) is 7.66. The first kappa shape index (κ1) is 13.5. The molecule has 2 N–H and O–H groups in total. The standard InChI is InChI=1S/C13H21N3O/c1-13(2)6-11(14)9(7-15-3)12(17)10(13)8-16(4)5/h7-8H,6,14H2,1-5H3/b10-8+,15-7?. The number of carbonyl (C=O) groups excluding carboxylic acids is 1. The van der Waals surface area contributed by atoms with Crippen LogP contribution in [0.1, 0.15) is 20.3 Å². The van der Waals surface area contributed by atoms with E-state index in [-0.39, 0.29) is 11.2 Å². The summed E-state index contributed by atoms with van der Waals surface area (Å²) in [4.78, 5) is 18.1. The lowest BCUT2D eigenvalue weighted by atomic mass is 9.72. The van der Waals surface area contributed by atoms with Gasteiger partial charge in [0.15, 0.2) is 5.78 Å². The Bertz CT molecular complexity index is 414. The van der Waals surface area contributed by atoms with Gasteiger partial charge in [-0.3, -0.25) is 9.79 Å². The molecule has 0 saturated carbocycles. The van der Waals surface area contributed by atoms with Crippen LogP contribution in [-0.2, 0) is 4.79 Å². The van der Waals surface area contributed by atoms with E-state index in [0.717, 1.165) is 5.57 Å². The molecule has 17 heavy (non-hydrogen) atoms. The Kier molecular flexibility index (Phi) is 3.76. The molecule has 0 aromatic heterocycles. The fourth-order valence-corrected chi connectivity index (χ4v) is 2.03. The Balaban J connectivity index is 3.30. The summed E-state index contributed by atoms with van der Waals surface area (Å²) in [6.45, 7) is 4.07. The summed E-state index contributed by atoms with van der Waals surface area (Å²) < 4.78 is 0. The van der Waals surface area contributed by atoms with E-state index in [2.05, 4.69) is 4.99 Å². The van der Waals surface area contributed by atoms with Crippen LogP contribution in [0.5, 0.6) is 0 Å². The summed E-state index contributed by atoms with van der Waals surface area (Å²) in [7, 11) is 5.46. The third-order valence-corrected chi connectivity index (χ3v) is 2.84. The monoisotopic (exact) mass is 235 g/mol. The molecule has 1 rings (SSSR count). The lowest BCUT2D eigenvalue weighted by molar-refractivity contribution is -0.113. The summed E-state index contributed by atoms with van der Waals surface area (Å²) in [5.74, 6) is -0.0157. The highest BCUT2D eigenvalue weighted by atomic mass is 16.1. The van der Waals surface area contributed by atoms with Crippen LogP contribution < -0.4 is 5.73 Å². The van der Waals surface area contributed by atoms with Gasteiger partial charge in [-0.05, 0) is 6.42 Å². The third-order valence-electron chi connectivity index (χ3n) is 2.84. The van der Waals surface area contributed by atoms with E-state index >= 15 is 0 Å². The van der Waals surface area contributed by atoms with Gasteiger partial charge in [0.2, 0.25) is 0 Å². The molecule has 0 aromatic carbocycles. The minimum atomic E-state index is -0.226. The molecule has 0 fully saturated rings. The molecule has 4 heteroatoms. The second kappa shape index (κ2) is 4.73. The number of hydrogen-bond acceptors (Lipinski definition) is 4. The zero-order chi connectivity index (χ0) is 13.2. The number of carbonyl (C=O) groups is 1. The average Bonchev–Trinajstić information content (AvgIpc) is 2.18. The third kappa shape index (κ3) is 2.75. The van der Waals surface area contributed by atoms with Gasteiger partial charge in [0.05, 0.1) is 5.57 Å². The Morgan fingerprint density at radius 1 is 1.41 bits per heavy atom. The van der Waals surface area contributed by atoms with Crippen molar-refractivity contribution in [2.24, 2.45) is 16.1 Å². The number of nitrogens with two attached hydrogens (primary N) is 1. The SMILES string of the molecule is CN=CC1=C(N)CC(C)(C)/C(=C/N(C)C)C1=O. The van der Waals surface area contributed by atoms with Crippen molar-refractivity contribution in [3.8, 4) is 0 Å². The van der Waals surface area contributed by atoms with Crippen molar-refractivity contribution >= 4 is 12.0 Å².